The van der Waals surface area contributed by atoms with E-state index in [0.717, 1.165) is 51.4 Å². The number of H-pyrrole nitrogens is 2. The van der Waals surface area contributed by atoms with Gasteiger partial charge in [0.05, 0.1) is 12.0 Å². The Hall–Kier alpha value is -4.41. The lowest BCUT2D eigenvalue weighted by Gasteiger charge is -2.32. The van der Waals surface area contributed by atoms with Crippen LogP contribution in [-0.4, -0.2) is 74.9 Å². The zero-order chi connectivity index (χ0) is 30.5. The molecule has 0 amide bonds. The lowest BCUT2D eigenvalue weighted by atomic mass is 10.0. The van der Waals surface area contributed by atoms with Crippen LogP contribution in [0.4, 0.5) is 4.39 Å². The van der Waals surface area contributed by atoms with Crippen LogP contribution in [0, 0.1) is 5.82 Å². The Labute approximate surface area is 249 Å². The van der Waals surface area contributed by atoms with Crippen LogP contribution in [0.5, 0.6) is 0 Å². The van der Waals surface area contributed by atoms with Gasteiger partial charge >= 0.3 is 0 Å². The van der Waals surface area contributed by atoms with Crippen LogP contribution < -0.4 is 21.8 Å². The van der Waals surface area contributed by atoms with E-state index in [0.29, 0.717) is 22.4 Å². The van der Waals surface area contributed by atoms with E-state index in [1.165, 1.54) is 30.3 Å². The van der Waals surface area contributed by atoms with Gasteiger partial charge in [0.2, 0.25) is 0 Å². The second-order valence-electron chi connectivity index (χ2n) is 11.3. The quantitative estimate of drug-likeness (QED) is 0.292. The third-order valence-corrected chi connectivity index (χ3v) is 7.76. The second kappa shape index (κ2) is 13.3. The molecule has 0 spiro atoms. The molecule has 0 radical (unpaired) electrons. The molecule has 1 aliphatic heterocycles. The number of ketones is 1. The van der Waals surface area contributed by atoms with Crippen molar-refractivity contribution in [3.63, 3.8) is 0 Å². The van der Waals surface area contributed by atoms with E-state index in [9.17, 15) is 18.8 Å². The summed E-state index contributed by atoms with van der Waals surface area (Å²) in [6.45, 7) is 10.4. The minimum absolute atomic E-state index is 0.0621. The van der Waals surface area contributed by atoms with Crippen LogP contribution in [0.2, 0.25) is 0 Å². The molecule has 1 saturated heterocycles. The first-order valence-electron chi connectivity index (χ1n) is 14.6. The Morgan fingerprint density at radius 1 is 0.930 bits per heavy atom. The summed E-state index contributed by atoms with van der Waals surface area (Å²) < 4.78 is 15.4. The number of aromatic nitrogens is 4. The van der Waals surface area contributed by atoms with Gasteiger partial charge in [0.1, 0.15) is 16.5 Å². The van der Waals surface area contributed by atoms with Crippen molar-refractivity contribution < 1.29 is 9.18 Å². The maximum absolute atomic E-state index is 13.3. The molecule has 2 aromatic heterocycles. The summed E-state index contributed by atoms with van der Waals surface area (Å²) in [7, 11) is 2.15. The number of likely N-dealkylation sites (N-methyl/N-ethyl adjacent to an activating group) is 1. The average molecular weight is 585 g/mol. The summed E-state index contributed by atoms with van der Waals surface area (Å²) >= 11 is 0. The number of nitrogens with one attached hydrogen (secondary N) is 2. The second-order valence-corrected chi connectivity index (χ2v) is 11.3. The molecular weight excluding hydrogens is 547 g/mol. The van der Waals surface area contributed by atoms with Gasteiger partial charge in [0.15, 0.2) is 5.78 Å². The van der Waals surface area contributed by atoms with Gasteiger partial charge in [-0.25, -0.2) is 9.37 Å². The Kier molecular flexibility index (Phi) is 9.27. The van der Waals surface area contributed by atoms with Crippen molar-refractivity contribution in [1.29, 1.82) is 0 Å². The highest BCUT2D eigenvalue weighted by atomic mass is 19.1. The lowest BCUT2D eigenvalue weighted by Crippen LogP contribution is -2.46. The van der Waals surface area contributed by atoms with Crippen molar-refractivity contribution >= 4 is 17.9 Å². The van der Waals surface area contributed by atoms with Crippen LogP contribution in [0.25, 0.3) is 12.2 Å². The number of rotatable bonds is 9. The number of imidazole rings is 1. The van der Waals surface area contributed by atoms with E-state index in [1.54, 1.807) is 36.7 Å². The Balaban J connectivity index is 1.37. The minimum atomic E-state index is -0.473. The fraction of sp³-hybridized carbons (Fsp3) is 0.333. The minimum Gasteiger partial charge on any atom is -0.334 e. The number of carbonyl (C=O) groups excluding carboxylic acids is 1. The number of halogens is 1. The summed E-state index contributed by atoms with van der Waals surface area (Å²) in [6.07, 6.45) is 5.94. The molecule has 0 atom stereocenters. The molecule has 5 rings (SSSR count). The Morgan fingerprint density at radius 2 is 1.60 bits per heavy atom. The molecule has 2 aromatic carbocycles. The molecule has 1 aliphatic rings. The van der Waals surface area contributed by atoms with Crippen molar-refractivity contribution in [2.24, 2.45) is 0 Å². The number of benzene rings is 2. The highest BCUT2D eigenvalue weighted by molar-refractivity contribution is 6.09. The highest BCUT2D eigenvalue weighted by Crippen LogP contribution is 2.20. The predicted octanol–water partition coefficient (Wildman–Crippen LogP) is 2.05. The summed E-state index contributed by atoms with van der Waals surface area (Å²) in [4.78, 5) is 53.6. The van der Waals surface area contributed by atoms with Gasteiger partial charge in [0, 0.05) is 49.5 Å². The molecule has 224 valence electrons. The number of aromatic amines is 2. The van der Waals surface area contributed by atoms with Gasteiger partial charge in [-0.15, -0.1) is 0 Å². The van der Waals surface area contributed by atoms with Gasteiger partial charge in [-0.05, 0) is 74.0 Å². The van der Waals surface area contributed by atoms with Crippen molar-refractivity contribution in [1.82, 2.24) is 29.3 Å². The maximum atomic E-state index is 13.3. The Morgan fingerprint density at radius 3 is 2.28 bits per heavy atom. The molecule has 3 heterocycles. The average Bonchev–Trinajstić information content (AvgIpc) is 3.39. The summed E-state index contributed by atoms with van der Waals surface area (Å²) in [5.41, 5.74) is 2.02. The fourth-order valence-electron chi connectivity index (χ4n) is 5.40. The van der Waals surface area contributed by atoms with E-state index >= 15 is 0 Å². The first kappa shape index (κ1) is 30.1. The van der Waals surface area contributed by atoms with E-state index < -0.39 is 16.9 Å². The molecule has 4 aromatic rings. The molecule has 0 bridgehead atoms. The molecule has 9 nitrogen and oxygen atoms in total. The lowest BCUT2D eigenvalue weighted by molar-refractivity contribution is 0.103. The number of hydrogen-bond donors (Lipinski definition) is 2. The Bertz CT molecular complexity index is 1830. The van der Waals surface area contributed by atoms with Crippen LogP contribution in [0.3, 0.4) is 0 Å². The maximum Gasteiger partial charge on any atom is 0.272 e. The largest absolute Gasteiger partial charge is 0.334 e. The van der Waals surface area contributed by atoms with E-state index in [1.807, 2.05) is 0 Å². The molecular formula is C33H37FN6O3. The number of nitrogens with zero attached hydrogens (tertiary/aromatic N) is 4. The first-order valence-corrected chi connectivity index (χ1v) is 14.6. The smallest absolute Gasteiger partial charge is 0.272 e. The van der Waals surface area contributed by atoms with E-state index in [2.05, 4.69) is 50.2 Å². The van der Waals surface area contributed by atoms with E-state index in [4.69, 9.17) is 0 Å². The van der Waals surface area contributed by atoms with Gasteiger partial charge in [-0.1, -0.05) is 32.0 Å². The number of piperazine rings is 1. The first-order chi connectivity index (χ1) is 20.7. The monoisotopic (exact) mass is 584 g/mol. The molecule has 1 fully saturated rings. The normalized spacial score (nSPS) is 15.5. The van der Waals surface area contributed by atoms with Gasteiger partial charge in [-0.3, -0.25) is 14.4 Å². The third-order valence-electron chi connectivity index (χ3n) is 7.76. The van der Waals surface area contributed by atoms with Crippen LogP contribution in [0.1, 0.15) is 59.1 Å². The van der Waals surface area contributed by atoms with Crippen LogP contribution >= 0.6 is 0 Å². The zero-order valence-corrected chi connectivity index (χ0v) is 24.8. The highest BCUT2D eigenvalue weighted by Gasteiger charge is 2.16. The molecule has 0 aliphatic carbocycles. The van der Waals surface area contributed by atoms with Crippen LogP contribution in [-0.2, 0) is 6.54 Å². The predicted molar refractivity (Wildman–Crippen MR) is 165 cm³/mol. The van der Waals surface area contributed by atoms with Gasteiger partial charge in [0.25, 0.3) is 11.1 Å². The standard InChI is InChI=1S/C33H37FN6O3/c1-22(2)30-27(35-21-40(30)13-5-12-39-16-14-38(3)15-17-39)20-29-33(43)36-28(32(42)37-29)19-23-6-4-7-25(18-23)31(41)24-8-10-26(34)11-9-24/h4,6-11,18-22H,5,12-17H2,1-3H3,(H,36,43)(H,37,42)/b28-19-,29-20-. The molecule has 10 heteroatoms. The SMILES string of the molecule is CC(C)c1c(/C=c2\[nH]c(=O)/c(=C/c3cccc(C(=O)c4ccc(F)cc4)c3)[nH]c2=O)ncn1CCCN1CCN(C)CC1. The molecule has 0 saturated carbocycles. The number of hydrogen-bond acceptors (Lipinski definition) is 6. The summed E-state index contributed by atoms with van der Waals surface area (Å²) in [5.74, 6) is -0.531. The third kappa shape index (κ3) is 7.33. The molecule has 43 heavy (non-hydrogen) atoms. The number of aryl methyl sites for hydroxylation is 1. The fourth-order valence-corrected chi connectivity index (χ4v) is 5.40. The van der Waals surface area contributed by atoms with Crippen molar-refractivity contribution in [3.05, 3.63) is 120 Å². The van der Waals surface area contributed by atoms with Crippen LogP contribution in [0.15, 0.2) is 64.4 Å². The summed E-state index contributed by atoms with van der Waals surface area (Å²) in [5, 5.41) is 0.180. The summed E-state index contributed by atoms with van der Waals surface area (Å²) in [6, 6.07) is 12.0. The van der Waals surface area contributed by atoms with E-state index in [-0.39, 0.29) is 22.4 Å². The van der Waals surface area contributed by atoms with Crippen molar-refractivity contribution in [3.8, 4) is 0 Å². The topological polar surface area (TPSA) is 107 Å². The van der Waals surface area contributed by atoms with Gasteiger partial charge < -0.3 is 24.3 Å². The molecule has 2 N–H and O–H groups in total. The number of carbonyl (C=O) groups is 1. The molecule has 0 unspecified atom stereocenters. The van der Waals surface area contributed by atoms with Crippen molar-refractivity contribution in [2.75, 3.05) is 39.8 Å². The van der Waals surface area contributed by atoms with Crippen molar-refractivity contribution in [2.45, 2.75) is 32.7 Å². The zero-order valence-electron chi connectivity index (χ0n) is 24.8. The van der Waals surface area contributed by atoms with Gasteiger partial charge in [-0.2, -0.15) is 0 Å².